The van der Waals surface area contributed by atoms with E-state index in [1.54, 1.807) is 6.08 Å². The molecule has 0 aliphatic rings. The Labute approximate surface area is 367 Å². The Kier molecular flexibility index (Phi) is 44.5. The molecule has 0 aliphatic heterocycles. The maximum absolute atomic E-state index is 12.6. The second-order valence-electron chi connectivity index (χ2n) is 17.4. The van der Waals surface area contributed by atoms with E-state index in [4.69, 9.17) is 0 Å². The molecule has 59 heavy (non-hydrogen) atoms. The van der Waals surface area contributed by atoms with Gasteiger partial charge in [-0.05, 0) is 57.8 Å². The van der Waals surface area contributed by atoms with Crippen molar-refractivity contribution in [1.29, 1.82) is 0 Å². The van der Waals surface area contributed by atoms with Crippen LogP contribution in [0.25, 0.3) is 0 Å². The Hall–Kier alpha value is -1.70. The molecule has 3 N–H and O–H groups in total. The summed E-state index contributed by atoms with van der Waals surface area (Å²) in [6.07, 6.45) is 62.5. The van der Waals surface area contributed by atoms with E-state index in [0.717, 1.165) is 64.2 Å². The highest BCUT2D eigenvalue weighted by atomic mass is 32.2. The molecule has 0 saturated carbocycles. The van der Waals surface area contributed by atoms with Crippen LogP contribution in [0.5, 0.6) is 0 Å². The maximum atomic E-state index is 12.6. The Bertz CT molecular complexity index is 1110. The van der Waals surface area contributed by atoms with Gasteiger partial charge in [0.25, 0.3) is 10.1 Å². The molecule has 0 radical (unpaired) electrons. The standard InChI is InChI=1S/C52H97NO5S/c1-3-5-7-9-11-13-15-17-19-21-23-25-26-28-30-32-34-36-38-40-42-44-46-48-52(55)53-50(49-59(56,57)58)51(54)47-45-43-41-39-37-35-33-31-29-27-24-22-20-18-16-14-12-10-8-6-4-2/h15,17,21,23,26,28,45,47,50-51,54H,3-14,16,18-20,22,24-25,27,29-44,46,48-49H2,1-2H3,(H,53,55)(H,56,57,58)/b17-15-,23-21-,28-26-,47-45+. The topological polar surface area (TPSA) is 104 Å². The molecule has 0 heterocycles. The van der Waals surface area contributed by atoms with Gasteiger partial charge >= 0.3 is 0 Å². The molecule has 0 saturated heterocycles. The lowest BCUT2D eigenvalue weighted by Gasteiger charge is -2.21. The third-order valence-corrected chi connectivity index (χ3v) is 12.3. The summed E-state index contributed by atoms with van der Waals surface area (Å²) in [6.45, 7) is 4.54. The highest BCUT2D eigenvalue weighted by molar-refractivity contribution is 7.85. The molecule has 2 atom stereocenters. The predicted molar refractivity (Wildman–Crippen MR) is 258 cm³/mol. The van der Waals surface area contributed by atoms with Crippen LogP contribution in [0.1, 0.15) is 258 Å². The van der Waals surface area contributed by atoms with Gasteiger partial charge in [-0.1, -0.05) is 242 Å². The van der Waals surface area contributed by atoms with Crippen LogP contribution in [0.15, 0.2) is 48.6 Å². The molecule has 0 rings (SSSR count). The maximum Gasteiger partial charge on any atom is 0.267 e. The molecule has 0 aromatic rings. The van der Waals surface area contributed by atoms with E-state index >= 15 is 0 Å². The van der Waals surface area contributed by atoms with Gasteiger partial charge in [-0.25, -0.2) is 0 Å². The van der Waals surface area contributed by atoms with E-state index in [1.807, 2.05) is 6.08 Å². The number of rotatable bonds is 46. The second-order valence-corrected chi connectivity index (χ2v) is 18.9. The lowest BCUT2D eigenvalue weighted by atomic mass is 10.0. The fraction of sp³-hybridized carbons (Fsp3) is 0.827. The molecular weight excluding hydrogens is 751 g/mol. The molecule has 2 unspecified atom stereocenters. The summed E-state index contributed by atoms with van der Waals surface area (Å²) in [4.78, 5) is 12.6. The lowest BCUT2D eigenvalue weighted by molar-refractivity contribution is -0.122. The van der Waals surface area contributed by atoms with Gasteiger partial charge in [-0.2, -0.15) is 8.42 Å². The van der Waals surface area contributed by atoms with Gasteiger partial charge in [0.2, 0.25) is 5.91 Å². The number of nitrogens with one attached hydrogen (secondary N) is 1. The molecule has 0 fully saturated rings. The number of aliphatic hydroxyl groups excluding tert-OH is 1. The molecule has 6 nitrogen and oxygen atoms in total. The van der Waals surface area contributed by atoms with Gasteiger partial charge in [-0.3, -0.25) is 9.35 Å². The molecule has 0 bridgehead atoms. The summed E-state index contributed by atoms with van der Waals surface area (Å²) in [5.74, 6) is -0.984. The van der Waals surface area contributed by atoms with Crippen LogP contribution in [0.2, 0.25) is 0 Å². The van der Waals surface area contributed by atoms with Crippen molar-refractivity contribution in [3.63, 3.8) is 0 Å². The highest BCUT2D eigenvalue weighted by Gasteiger charge is 2.24. The largest absolute Gasteiger partial charge is 0.387 e. The van der Waals surface area contributed by atoms with Crippen LogP contribution in [-0.2, 0) is 14.9 Å². The Morgan fingerprint density at radius 1 is 0.458 bits per heavy atom. The minimum absolute atomic E-state index is 0.284. The van der Waals surface area contributed by atoms with Crippen LogP contribution in [0, 0.1) is 0 Å². The summed E-state index contributed by atoms with van der Waals surface area (Å²) < 4.78 is 32.7. The summed E-state index contributed by atoms with van der Waals surface area (Å²) in [5, 5.41) is 13.3. The van der Waals surface area contributed by atoms with Gasteiger partial charge in [0.15, 0.2) is 0 Å². The van der Waals surface area contributed by atoms with E-state index in [1.165, 1.54) is 173 Å². The van der Waals surface area contributed by atoms with E-state index in [0.29, 0.717) is 0 Å². The number of unbranched alkanes of at least 4 members (excludes halogenated alkanes) is 32. The van der Waals surface area contributed by atoms with E-state index in [9.17, 15) is 22.9 Å². The van der Waals surface area contributed by atoms with Crippen LogP contribution in [0.3, 0.4) is 0 Å². The summed E-state index contributed by atoms with van der Waals surface area (Å²) >= 11 is 0. The Morgan fingerprint density at radius 3 is 1.12 bits per heavy atom. The van der Waals surface area contributed by atoms with Crippen molar-refractivity contribution >= 4 is 16.0 Å². The number of amides is 1. The lowest BCUT2D eigenvalue weighted by Crippen LogP contribution is -2.46. The first-order chi connectivity index (χ1) is 28.8. The number of carbonyl (C=O) groups is 1. The minimum Gasteiger partial charge on any atom is -0.387 e. The normalized spacial score (nSPS) is 13.5. The van der Waals surface area contributed by atoms with Crippen LogP contribution in [0.4, 0.5) is 0 Å². The average molecular weight is 848 g/mol. The van der Waals surface area contributed by atoms with E-state index < -0.39 is 28.0 Å². The molecule has 0 aromatic carbocycles. The van der Waals surface area contributed by atoms with Crippen LogP contribution < -0.4 is 5.32 Å². The SMILES string of the molecule is CCCCCCC/C=C\C/C=C\C/C=C\CCCCCCCCCCC(=O)NC(CS(=O)(=O)O)C(O)/C=C/CCCCCCCCCCCCCCCCCCCCC. The predicted octanol–water partition coefficient (Wildman–Crippen LogP) is 15.8. The summed E-state index contributed by atoms with van der Waals surface area (Å²) in [5.41, 5.74) is 0. The van der Waals surface area contributed by atoms with Crippen LogP contribution in [-0.4, -0.2) is 41.9 Å². The fourth-order valence-corrected chi connectivity index (χ4v) is 8.43. The number of aliphatic hydroxyl groups is 1. The first kappa shape index (κ1) is 57.3. The summed E-state index contributed by atoms with van der Waals surface area (Å²) in [6, 6.07) is -1.06. The second kappa shape index (κ2) is 45.8. The highest BCUT2D eigenvalue weighted by Crippen LogP contribution is 2.16. The summed E-state index contributed by atoms with van der Waals surface area (Å²) in [7, 11) is -4.35. The smallest absolute Gasteiger partial charge is 0.267 e. The van der Waals surface area contributed by atoms with Gasteiger partial charge in [0, 0.05) is 6.42 Å². The third-order valence-electron chi connectivity index (χ3n) is 11.5. The third kappa shape index (κ3) is 47.2. The number of allylic oxidation sites excluding steroid dienone is 7. The molecule has 1 amide bonds. The molecule has 7 heteroatoms. The van der Waals surface area contributed by atoms with E-state index in [-0.39, 0.29) is 12.3 Å². The fourth-order valence-electron chi connectivity index (χ4n) is 7.69. The Balaban J connectivity index is 3.83. The molecular formula is C52H97NO5S. The van der Waals surface area contributed by atoms with Crippen molar-refractivity contribution in [2.45, 2.75) is 270 Å². The van der Waals surface area contributed by atoms with Crippen molar-refractivity contribution in [3.05, 3.63) is 48.6 Å². The molecule has 346 valence electrons. The van der Waals surface area contributed by atoms with Gasteiger partial charge in [0.1, 0.15) is 0 Å². The average Bonchev–Trinajstić information content (AvgIpc) is 3.20. The van der Waals surface area contributed by atoms with Crippen molar-refractivity contribution in [1.82, 2.24) is 5.32 Å². The molecule has 0 aromatic heterocycles. The van der Waals surface area contributed by atoms with Gasteiger partial charge < -0.3 is 10.4 Å². The molecule has 0 spiro atoms. The van der Waals surface area contributed by atoms with Gasteiger partial charge in [0.05, 0.1) is 17.9 Å². The number of carbonyl (C=O) groups excluding carboxylic acids is 1. The minimum atomic E-state index is -4.35. The van der Waals surface area contributed by atoms with Crippen LogP contribution >= 0.6 is 0 Å². The number of hydrogen-bond donors (Lipinski definition) is 3. The van der Waals surface area contributed by atoms with Crippen molar-refractivity contribution < 1.29 is 22.9 Å². The van der Waals surface area contributed by atoms with Crippen molar-refractivity contribution in [2.75, 3.05) is 5.75 Å². The zero-order valence-corrected chi connectivity index (χ0v) is 39.7. The number of hydrogen-bond acceptors (Lipinski definition) is 4. The Morgan fingerprint density at radius 2 is 0.763 bits per heavy atom. The first-order valence-electron chi connectivity index (χ1n) is 25.3. The zero-order chi connectivity index (χ0) is 43.2. The monoisotopic (exact) mass is 848 g/mol. The van der Waals surface area contributed by atoms with Crippen molar-refractivity contribution in [3.8, 4) is 0 Å². The zero-order valence-electron chi connectivity index (χ0n) is 38.9. The first-order valence-corrected chi connectivity index (χ1v) is 26.9. The molecule has 0 aliphatic carbocycles. The van der Waals surface area contributed by atoms with Crippen molar-refractivity contribution in [2.24, 2.45) is 0 Å². The van der Waals surface area contributed by atoms with E-state index in [2.05, 4.69) is 55.6 Å². The quantitative estimate of drug-likeness (QED) is 0.0322. The van der Waals surface area contributed by atoms with Gasteiger partial charge in [-0.15, -0.1) is 0 Å².